The zero-order valence-corrected chi connectivity index (χ0v) is 10.8. The van der Waals surface area contributed by atoms with E-state index in [9.17, 15) is 9.90 Å². The molecule has 1 aromatic heterocycles. The minimum absolute atomic E-state index is 0.0771. The minimum atomic E-state index is -1.09. The topological polar surface area (TPSA) is 95.3 Å². The van der Waals surface area contributed by atoms with Crippen molar-refractivity contribution in [3.05, 3.63) is 18.1 Å². The van der Waals surface area contributed by atoms with Gasteiger partial charge in [0.25, 0.3) is 0 Å². The number of aliphatic hydroxyl groups excluding tert-OH is 1. The number of aliphatic hydroxyl groups is 1. The van der Waals surface area contributed by atoms with E-state index in [1.807, 2.05) is 0 Å². The molecule has 0 saturated heterocycles. The van der Waals surface area contributed by atoms with E-state index in [0.717, 1.165) is 25.7 Å². The second-order valence-corrected chi connectivity index (χ2v) is 5.17. The predicted molar refractivity (Wildman–Crippen MR) is 70.1 cm³/mol. The number of hydrogen-bond acceptors (Lipinski definition) is 5. The second-order valence-electron chi connectivity index (χ2n) is 5.17. The Morgan fingerprint density at radius 3 is 2.68 bits per heavy atom. The minimum Gasteiger partial charge on any atom is -0.476 e. The monoisotopic (exact) mass is 265 g/mol. The van der Waals surface area contributed by atoms with Gasteiger partial charge in [-0.15, -0.1) is 0 Å². The molecule has 0 amide bonds. The third-order valence-corrected chi connectivity index (χ3v) is 3.75. The van der Waals surface area contributed by atoms with Gasteiger partial charge in [-0.1, -0.05) is 19.3 Å². The van der Waals surface area contributed by atoms with E-state index < -0.39 is 5.97 Å². The number of hydrogen-bond donors (Lipinski definition) is 3. The summed E-state index contributed by atoms with van der Waals surface area (Å²) in [4.78, 5) is 18.6. The summed E-state index contributed by atoms with van der Waals surface area (Å²) in [5, 5.41) is 21.5. The van der Waals surface area contributed by atoms with E-state index in [1.54, 1.807) is 0 Å². The average molecular weight is 265 g/mol. The van der Waals surface area contributed by atoms with Gasteiger partial charge in [0.1, 0.15) is 5.82 Å². The predicted octanol–water partition coefficient (Wildman–Crippen LogP) is 1.53. The first-order valence-electron chi connectivity index (χ1n) is 6.55. The van der Waals surface area contributed by atoms with Crippen molar-refractivity contribution in [2.24, 2.45) is 5.41 Å². The fourth-order valence-corrected chi connectivity index (χ4v) is 2.52. The summed E-state index contributed by atoms with van der Waals surface area (Å²) in [6, 6.07) is 0. The Balaban J connectivity index is 2.00. The zero-order chi connectivity index (χ0) is 13.7. The molecule has 0 bridgehead atoms. The second kappa shape index (κ2) is 5.97. The van der Waals surface area contributed by atoms with Gasteiger partial charge in [-0.3, -0.25) is 4.98 Å². The quantitative estimate of drug-likeness (QED) is 0.747. The highest BCUT2D eigenvalue weighted by molar-refractivity contribution is 5.85. The molecular formula is C13H19N3O3. The molecule has 0 radical (unpaired) electrons. The van der Waals surface area contributed by atoms with Crippen LogP contribution in [-0.4, -0.2) is 39.3 Å². The van der Waals surface area contributed by atoms with E-state index in [1.165, 1.54) is 18.8 Å². The molecule has 2 rings (SSSR count). The number of rotatable bonds is 5. The number of nitrogens with one attached hydrogen (secondary N) is 1. The summed E-state index contributed by atoms with van der Waals surface area (Å²) in [5.74, 6) is -0.649. The Kier molecular flexibility index (Phi) is 4.31. The molecule has 1 aromatic rings. The van der Waals surface area contributed by atoms with Gasteiger partial charge in [-0.2, -0.15) is 0 Å². The molecule has 0 spiro atoms. The molecule has 104 valence electrons. The van der Waals surface area contributed by atoms with E-state index in [4.69, 9.17) is 5.11 Å². The maximum atomic E-state index is 10.8. The third-order valence-electron chi connectivity index (χ3n) is 3.75. The molecule has 1 fully saturated rings. The van der Waals surface area contributed by atoms with E-state index in [0.29, 0.717) is 12.4 Å². The number of aromatic carboxylic acids is 1. The van der Waals surface area contributed by atoms with Crippen molar-refractivity contribution < 1.29 is 15.0 Å². The van der Waals surface area contributed by atoms with Crippen LogP contribution < -0.4 is 5.32 Å². The molecule has 0 aromatic carbocycles. The lowest BCUT2D eigenvalue weighted by Crippen LogP contribution is -2.35. The van der Waals surface area contributed by atoms with Crippen LogP contribution >= 0.6 is 0 Å². The van der Waals surface area contributed by atoms with Crippen molar-refractivity contribution >= 4 is 11.8 Å². The van der Waals surface area contributed by atoms with Crippen LogP contribution in [0.25, 0.3) is 0 Å². The van der Waals surface area contributed by atoms with Crippen LogP contribution in [0.4, 0.5) is 5.82 Å². The first kappa shape index (κ1) is 13.7. The Morgan fingerprint density at radius 1 is 1.32 bits per heavy atom. The fraction of sp³-hybridized carbons (Fsp3) is 0.615. The number of nitrogens with zero attached hydrogens (tertiary/aromatic N) is 2. The van der Waals surface area contributed by atoms with Crippen molar-refractivity contribution in [3.63, 3.8) is 0 Å². The van der Waals surface area contributed by atoms with Crippen LogP contribution in [-0.2, 0) is 0 Å². The molecule has 0 unspecified atom stereocenters. The van der Waals surface area contributed by atoms with Gasteiger partial charge < -0.3 is 15.5 Å². The first-order chi connectivity index (χ1) is 9.15. The van der Waals surface area contributed by atoms with E-state index in [2.05, 4.69) is 15.3 Å². The maximum absolute atomic E-state index is 10.8. The van der Waals surface area contributed by atoms with Gasteiger partial charge in [0.2, 0.25) is 0 Å². The molecule has 6 heteroatoms. The Hall–Kier alpha value is -1.69. The van der Waals surface area contributed by atoms with Crippen LogP contribution in [0.3, 0.4) is 0 Å². The van der Waals surface area contributed by atoms with Crippen LogP contribution in [0.1, 0.15) is 42.6 Å². The van der Waals surface area contributed by atoms with Gasteiger partial charge in [-0.25, -0.2) is 9.78 Å². The highest BCUT2D eigenvalue weighted by Crippen LogP contribution is 2.35. The highest BCUT2D eigenvalue weighted by Gasteiger charge is 2.31. The maximum Gasteiger partial charge on any atom is 0.356 e. The van der Waals surface area contributed by atoms with Crippen molar-refractivity contribution in [2.75, 3.05) is 18.5 Å². The number of carbonyl (C=O) groups is 1. The number of carboxylic acids is 1. The number of carboxylic acid groups (broad SMARTS) is 1. The summed E-state index contributed by atoms with van der Waals surface area (Å²) < 4.78 is 0. The average Bonchev–Trinajstić information content (AvgIpc) is 2.46. The summed E-state index contributed by atoms with van der Waals surface area (Å²) in [7, 11) is 0. The molecule has 6 nitrogen and oxygen atoms in total. The molecule has 0 aliphatic heterocycles. The first-order valence-corrected chi connectivity index (χ1v) is 6.55. The SMILES string of the molecule is O=C(O)c1cncc(NCC2(CO)CCCCC2)n1. The van der Waals surface area contributed by atoms with E-state index in [-0.39, 0.29) is 17.7 Å². The summed E-state index contributed by atoms with van der Waals surface area (Å²) in [5.41, 5.74) is -0.189. The van der Waals surface area contributed by atoms with Gasteiger partial charge in [0.15, 0.2) is 5.69 Å². The van der Waals surface area contributed by atoms with Crippen LogP contribution in [0, 0.1) is 5.41 Å². The summed E-state index contributed by atoms with van der Waals surface area (Å²) in [6.07, 6.45) is 8.17. The zero-order valence-electron chi connectivity index (χ0n) is 10.8. The van der Waals surface area contributed by atoms with Gasteiger partial charge in [-0.05, 0) is 12.8 Å². The molecular weight excluding hydrogens is 246 g/mol. The van der Waals surface area contributed by atoms with Gasteiger partial charge in [0, 0.05) is 12.0 Å². The number of anilines is 1. The van der Waals surface area contributed by atoms with Gasteiger partial charge >= 0.3 is 5.97 Å². The molecule has 1 heterocycles. The molecule has 1 saturated carbocycles. The lowest BCUT2D eigenvalue weighted by molar-refractivity contribution is 0.0690. The third kappa shape index (κ3) is 3.41. The standard InChI is InChI=1S/C13H19N3O3/c17-9-13(4-2-1-3-5-13)8-15-11-7-14-6-10(16-11)12(18)19/h6-7,17H,1-5,8-9H2,(H,15,16)(H,18,19). The Morgan fingerprint density at radius 2 is 2.05 bits per heavy atom. The van der Waals surface area contributed by atoms with E-state index >= 15 is 0 Å². The smallest absolute Gasteiger partial charge is 0.356 e. The van der Waals surface area contributed by atoms with Crippen LogP contribution in [0.5, 0.6) is 0 Å². The Labute approximate surface area is 111 Å². The van der Waals surface area contributed by atoms with Crippen molar-refractivity contribution in [1.29, 1.82) is 0 Å². The lowest BCUT2D eigenvalue weighted by Gasteiger charge is -2.35. The summed E-state index contributed by atoms with van der Waals surface area (Å²) in [6.45, 7) is 0.743. The normalized spacial score (nSPS) is 17.9. The van der Waals surface area contributed by atoms with Crippen molar-refractivity contribution in [3.8, 4) is 0 Å². The largest absolute Gasteiger partial charge is 0.476 e. The highest BCUT2D eigenvalue weighted by atomic mass is 16.4. The van der Waals surface area contributed by atoms with Crippen LogP contribution in [0.15, 0.2) is 12.4 Å². The lowest BCUT2D eigenvalue weighted by atomic mass is 9.74. The van der Waals surface area contributed by atoms with Crippen molar-refractivity contribution in [1.82, 2.24) is 9.97 Å². The Bertz CT molecular complexity index is 445. The molecule has 1 aliphatic carbocycles. The summed E-state index contributed by atoms with van der Waals surface area (Å²) >= 11 is 0. The van der Waals surface area contributed by atoms with Crippen LogP contribution in [0.2, 0.25) is 0 Å². The van der Waals surface area contributed by atoms with Gasteiger partial charge in [0.05, 0.1) is 19.0 Å². The molecule has 19 heavy (non-hydrogen) atoms. The fourth-order valence-electron chi connectivity index (χ4n) is 2.52. The van der Waals surface area contributed by atoms with Crippen molar-refractivity contribution in [2.45, 2.75) is 32.1 Å². The molecule has 1 aliphatic rings. The number of aromatic nitrogens is 2. The molecule has 0 atom stereocenters. The molecule has 3 N–H and O–H groups in total.